The molecule has 6 heteroatoms. The number of ketones is 1. The molecule has 1 atom stereocenters. The fourth-order valence-electron chi connectivity index (χ4n) is 3.75. The molecule has 202 valence electrons. The van der Waals surface area contributed by atoms with Crippen molar-refractivity contribution in [3.63, 3.8) is 0 Å². The average Bonchev–Trinajstić information content (AvgIpc) is 2.81. The number of hydrogen-bond donors (Lipinski definition) is 1. The van der Waals surface area contributed by atoms with E-state index in [0.717, 1.165) is 31.5 Å². The first kappa shape index (κ1) is 31.4. The first-order valence-electron chi connectivity index (χ1n) is 13.6. The third-order valence-corrected chi connectivity index (χ3v) is 5.59. The van der Waals surface area contributed by atoms with E-state index in [1.165, 1.54) is 44.9 Å². The molecule has 0 radical (unpaired) electrons. The Morgan fingerprint density at radius 2 is 1.53 bits per heavy atom. The number of carbonyl (C=O) groups is 3. The zero-order valence-corrected chi connectivity index (χ0v) is 23.1. The predicted octanol–water partition coefficient (Wildman–Crippen LogP) is 7.28. The second kappa shape index (κ2) is 17.7. The minimum atomic E-state index is -1.64. The van der Waals surface area contributed by atoms with Gasteiger partial charge < -0.3 is 14.8 Å². The number of Topliss-reactive ketones (excluding diaryl/α,β-unsaturated/α-hetero) is 1. The molecule has 6 nitrogen and oxygen atoms in total. The molecule has 1 aromatic rings. The molecular weight excluding hydrogens is 454 g/mol. The Kier molecular flexibility index (Phi) is 15.5. The smallest absolute Gasteiger partial charge is 0.328 e. The number of ether oxygens (including phenoxy) is 2. The largest absolute Gasteiger partial charge is 0.465 e. The molecule has 0 aliphatic rings. The molecule has 0 aliphatic heterocycles. The normalized spacial score (nSPS) is 12.4. The summed E-state index contributed by atoms with van der Waals surface area (Å²) in [7, 11) is 0. The lowest BCUT2D eigenvalue weighted by Gasteiger charge is -2.22. The third kappa shape index (κ3) is 13.5. The molecule has 1 rings (SSSR count). The minimum absolute atomic E-state index is 0.0699. The minimum Gasteiger partial charge on any atom is -0.465 e. The van der Waals surface area contributed by atoms with Crippen LogP contribution in [0.4, 0.5) is 5.69 Å². The topological polar surface area (TPSA) is 81.7 Å². The second-order valence-electron chi connectivity index (χ2n) is 10.1. The third-order valence-electron chi connectivity index (χ3n) is 5.59. The molecule has 0 fully saturated rings. The van der Waals surface area contributed by atoms with E-state index in [-0.39, 0.29) is 12.2 Å². The summed E-state index contributed by atoms with van der Waals surface area (Å²) in [6.07, 6.45) is 16.9. The number of esters is 2. The second-order valence-corrected chi connectivity index (χ2v) is 10.1. The van der Waals surface area contributed by atoms with Crippen LogP contribution < -0.4 is 5.32 Å². The van der Waals surface area contributed by atoms with Gasteiger partial charge in [-0.15, -0.1) is 0 Å². The van der Waals surface area contributed by atoms with E-state index in [4.69, 9.17) is 9.47 Å². The molecule has 0 heterocycles. The lowest BCUT2D eigenvalue weighted by molar-refractivity contribution is -0.166. The highest BCUT2D eigenvalue weighted by Gasteiger charge is 2.39. The summed E-state index contributed by atoms with van der Waals surface area (Å²) in [6.45, 7) is 9.76. The fourth-order valence-corrected chi connectivity index (χ4v) is 3.75. The number of hydrogen-bond acceptors (Lipinski definition) is 6. The molecule has 1 aromatic carbocycles. The van der Waals surface area contributed by atoms with Gasteiger partial charge in [-0.05, 0) is 65.5 Å². The summed E-state index contributed by atoms with van der Waals surface area (Å²) < 4.78 is 10.3. The van der Waals surface area contributed by atoms with E-state index < -0.39 is 29.2 Å². The van der Waals surface area contributed by atoms with Gasteiger partial charge in [0.2, 0.25) is 5.92 Å². The van der Waals surface area contributed by atoms with Crippen LogP contribution in [0, 0.1) is 5.92 Å². The number of unbranched alkanes of at least 4 members (excludes halogenated alkanes) is 8. The SMILES string of the molecule is CCCCCCCCCC=CCCCNc1cccc(C(=O)C(C(=O)OCC)C(=O)OC(C)(C)C)c1. The van der Waals surface area contributed by atoms with Crippen molar-refractivity contribution in [3.05, 3.63) is 42.0 Å². The van der Waals surface area contributed by atoms with Crippen molar-refractivity contribution in [1.82, 2.24) is 0 Å². The van der Waals surface area contributed by atoms with Crippen LogP contribution in [0.5, 0.6) is 0 Å². The number of allylic oxidation sites excluding steroid dienone is 2. The van der Waals surface area contributed by atoms with Crippen molar-refractivity contribution < 1.29 is 23.9 Å². The lowest BCUT2D eigenvalue weighted by Crippen LogP contribution is -2.38. The molecule has 0 aliphatic carbocycles. The van der Waals surface area contributed by atoms with Crippen LogP contribution >= 0.6 is 0 Å². The molecule has 36 heavy (non-hydrogen) atoms. The van der Waals surface area contributed by atoms with Crippen molar-refractivity contribution in [3.8, 4) is 0 Å². The Morgan fingerprint density at radius 3 is 2.17 bits per heavy atom. The van der Waals surface area contributed by atoms with E-state index in [2.05, 4.69) is 24.4 Å². The Labute approximate surface area is 218 Å². The first-order valence-corrected chi connectivity index (χ1v) is 13.6. The van der Waals surface area contributed by atoms with Crippen molar-refractivity contribution in [2.24, 2.45) is 5.92 Å². The zero-order chi connectivity index (χ0) is 26.8. The van der Waals surface area contributed by atoms with Crippen LogP contribution in [0.3, 0.4) is 0 Å². The number of rotatable bonds is 18. The monoisotopic (exact) mass is 501 g/mol. The van der Waals surface area contributed by atoms with Gasteiger partial charge in [0.15, 0.2) is 5.78 Å². The van der Waals surface area contributed by atoms with Crippen molar-refractivity contribution >= 4 is 23.4 Å². The van der Waals surface area contributed by atoms with Crippen molar-refractivity contribution in [2.75, 3.05) is 18.5 Å². The van der Waals surface area contributed by atoms with Gasteiger partial charge in [0, 0.05) is 17.8 Å². The van der Waals surface area contributed by atoms with Gasteiger partial charge in [0.1, 0.15) is 5.60 Å². The molecule has 1 unspecified atom stereocenters. The zero-order valence-electron chi connectivity index (χ0n) is 23.1. The van der Waals surface area contributed by atoms with Gasteiger partial charge >= 0.3 is 11.9 Å². The molecule has 0 saturated carbocycles. The average molecular weight is 502 g/mol. The summed E-state index contributed by atoms with van der Waals surface area (Å²) >= 11 is 0. The summed E-state index contributed by atoms with van der Waals surface area (Å²) in [5.74, 6) is -4.05. The Balaban J connectivity index is 2.52. The molecule has 0 amide bonds. The number of nitrogens with one attached hydrogen (secondary N) is 1. The lowest BCUT2D eigenvalue weighted by atomic mass is 9.97. The number of anilines is 1. The highest BCUT2D eigenvalue weighted by molar-refractivity contribution is 6.21. The predicted molar refractivity (Wildman–Crippen MR) is 146 cm³/mol. The molecular formula is C30H47NO5. The van der Waals surface area contributed by atoms with Gasteiger partial charge in [0.05, 0.1) is 6.61 Å². The highest BCUT2D eigenvalue weighted by Crippen LogP contribution is 2.20. The van der Waals surface area contributed by atoms with Gasteiger partial charge in [-0.3, -0.25) is 14.4 Å². The standard InChI is InChI=1S/C30H47NO5/c1-6-8-9-10-11-12-13-14-15-16-17-18-22-31-25-21-19-20-24(23-25)27(32)26(28(33)35-7-2)29(34)36-30(3,4)5/h15-16,19-21,23,26,31H,6-14,17-18,22H2,1-5H3. The van der Waals surface area contributed by atoms with E-state index in [0.29, 0.717) is 0 Å². The fraction of sp³-hybridized carbons (Fsp3) is 0.633. The van der Waals surface area contributed by atoms with E-state index in [9.17, 15) is 14.4 Å². The van der Waals surface area contributed by atoms with Crippen molar-refractivity contribution in [2.45, 2.75) is 104 Å². The van der Waals surface area contributed by atoms with Crippen LogP contribution in [0.2, 0.25) is 0 Å². The Morgan fingerprint density at radius 1 is 0.889 bits per heavy atom. The number of benzene rings is 1. The Bertz CT molecular complexity index is 825. The Hall–Kier alpha value is -2.63. The van der Waals surface area contributed by atoms with Crippen LogP contribution in [0.15, 0.2) is 36.4 Å². The van der Waals surface area contributed by atoms with Crippen molar-refractivity contribution in [1.29, 1.82) is 0 Å². The molecule has 0 saturated heterocycles. The maximum Gasteiger partial charge on any atom is 0.328 e. The maximum absolute atomic E-state index is 13.1. The summed E-state index contributed by atoms with van der Waals surface area (Å²) in [5, 5.41) is 3.32. The maximum atomic E-state index is 13.1. The quantitative estimate of drug-likeness (QED) is 0.0748. The highest BCUT2D eigenvalue weighted by atomic mass is 16.6. The molecule has 0 spiro atoms. The summed E-state index contributed by atoms with van der Waals surface area (Å²) in [4.78, 5) is 38.1. The number of carbonyl (C=O) groups excluding carboxylic acids is 3. The van der Waals surface area contributed by atoms with Gasteiger partial charge in [-0.1, -0.05) is 69.7 Å². The summed E-state index contributed by atoms with van der Waals surface area (Å²) in [6, 6.07) is 6.85. The van der Waals surface area contributed by atoms with E-state index >= 15 is 0 Å². The van der Waals surface area contributed by atoms with Gasteiger partial charge in [-0.25, -0.2) is 0 Å². The van der Waals surface area contributed by atoms with Gasteiger partial charge in [-0.2, -0.15) is 0 Å². The van der Waals surface area contributed by atoms with Crippen LogP contribution in [0.25, 0.3) is 0 Å². The van der Waals surface area contributed by atoms with E-state index in [1.54, 1.807) is 45.9 Å². The first-order chi connectivity index (χ1) is 17.2. The van der Waals surface area contributed by atoms with Crippen LogP contribution in [0.1, 0.15) is 109 Å². The van der Waals surface area contributed by atoms with Crippen LogP contribution in [-0.2, 0) is 19.1 Å². The summed E-state index contributed by atoms with van der Waals surface area (Å²) in [5.41, 5.74) is 0.201. The molecule has 0 bridgehead atoms. The molecule has 1 N–H and O–H groups in total. The molecule has 0 aromatic heterocycles. The van der Waals surface area contributed by atoms with Gasteiger partial charge in [0.25, 0.3) is 0 Å². The van der Waals surface area contributed by atoms with E-state index in [1.807, 2.05) is 6.07 Å². The van der Waals surface area contributed by atoms with Crippen LogP contribution in [-0.4, -0.2) is 36.5 Å².